The van der Waals surface area contributed by atoms with Crippen LogP contribution in [0.4, 0.5) is 11.6 Å². The molecule has 4 aromatic heterocycles. The van der Waals surface area contributed by atoms with Gasteiger partial charge in [0.1, 0.15) is 0 Å². The molecule has 0 aliphatic heterocycles. The van der Waals surface area contributed by atoms with Gasteiger partial charge in [-0.2, -0.15) is 0 Å². The van der Waals surface area contributed by atoms with Crippen molar-refractivity contribution in [3.8, 4) is 22.8 Å². The molecule has 1 aliphatic rings. The van der Waals surface area contributed by atoms with Gasteiger partial charge in [0.25, 0.3) is 0 Å². The number of hydrogen-bond donors (Lipinski definition) is 0. The van der Waals surface area contributed by atoms with E-state index in [2.05, 4.69) is 32.4 Å². The van der Waals surface area contributed by atoms with Gasteiger partial charge < -0.3 is 0 Å². The highest BCUT2D eigenvalue weighted by Crippen LogP contribution is 2.29. The van der Waals surface area contributed by atoms with E-state index in [-0.39, 0.29) is 0 Å². The molecule has 0 radical (unpaired) electrons. The van der Waals surface area contributed by atoms with Crippen LogP contribution < -0.4 is 0 Å². The van der Waals surface area contributed by atoms with Crippen LogP contribution >= 0.6 is 0 Å². The minimum Gasteiger partial charge on any atom is -0.255 e. The SMILES string of the molecule is C(=N\c1cccc(-c2ccccn2)n1)/[C@H]1CCCC[C@@H]1/C=N/c1cccc(-c2ccccn2)n1. The Labute approximate surface area is 199 Å². The Bertz CT molecular complexity index is 1170. The maximum atomic E-state index is 4.73. The average molecular weight is 447 g/mol. The Hall–Kier alpha value is -4.06. The van der Waals surface area contributed by atoms with Gasteiger partial charge in [-0.1, -0.05) is 37.1 Å². The zero-order chi connectivity index (χ0) is 23.0. The van der Waals surface area contributed by atoms with Crippen LogP contribution in [0.2, 0.25) is 0 Å². The second kappa shape index (κ2) is 10.7. The number of aromatic nitrogens is 4. The Balaban J connectivity index is 1.31. The molecule has 0 bridgehead atoms. The zero-order valence-corrected chi connectivity index (χ0v) is 18.9. The summed E-state index contributed by atoms with van der Waals surface area (Å²) in [6.07, 6.45) is 12.3. The van der Waals surface area contributed by atoms with E-state index in [9.17, 15) is 0 Å². The molecule has 0 aromatic carbocycles. The highest BCUT2D eigenvalue weighted by molar-refractivity contribution is 5.74. The molecule has 1 fully saturated rings. The second-order valence-corrected chi connectivity index (χ2v) is 8.36. The van der Waals surface area contributed by atoms with Gasteiger partial charge in [-0.3, -0.25) is 9.97 Å². The van der Waals surface area contributed by atoms with Crippen molar-refractivity contribution >= 4 is 24.1 Å². The fraction of sp³-hybridized carbons (Fsp3) is 0.214. The molecule has 0 amide bonds. The van der Waals surface area contributed by atoms with Gasteiger partial charge in [-0.15, -0.1) is 0 Å². The third kappa shape index (κ3) is 5.46. The lowest BCUT2D eigenvalue weighted by molar-refractivity contribution is 0.386. The quantitative estimate of drug-likeness (QED) is 0.316. The molecule has 1 aliphatic carbocycles. The number of nitrogens with zero attached hydrogens (tertiary/aromatic N) is 6. The molecule has 6 heteroatoms. The molecule has 2 atom stereocenters. The number of hydrogen-bond acceptors (Lipinski definition) is 6. The lowest BCUT2D eigenvalue weighted by atomic mass is 9.80. The first-order chi connectivity index (χ1) is 16.8. The van der Waals surface area contributed by atoms with E-state index in [1.165, 1.54) is 12.8 Å². The Morgan fingerprint density at radius 2 is 1.03 bits per heavy atom. The van der Waals surface area contributed by atoms with Crippen molar-refractivity contribution in [2.75, 3.05) is 0 Å². The molecule has 0 unspecified atom stereocenters. The van der Waals surface area contributed by atoms with Crippen LogP contribution in [-0.4, -0.2) is 32.4 Å². The first-order valence-corrected chi connectivity index (χ1v) is 11.7. The molecule has 6 nitrogen and oxygen atoms in total. The molecule has 0 N–H and O–H groups in total. The number of pyridine rings is 4. The van der Waals surface area contributed by atoms with Crippen LogP contribution in [0.3, 0.4) is 0 Å². The van der Waals surface area contributed by atoms with Gasteiger partial charge in [0.05, 0.1) is 22.8 Å². The summed E-state index contributed by atoms with van der Waals surface area (Å²) in [4.78, 5) is 27.6. The highest BCUT2D eigenvalue weighted by atomic mass is 14.9. The summed E-state index contributed by atoms with van der Waals surface area (Å²) in [5, 5.41) is 0. The Morgan fingerprint density at radius 3 is 1.47 bits per heavy atom. The maximum Gasteiger partial charge on any atom is 0.152 e. The molecule has 5 rings (SSSR count). The fourth-order valence-corrected chi connectivity index (χ4v) is 4.21. The van der Waals surface area contributed by atoms with Crippen LogP contribution in [0.15, 0.2) is 95.2 Å². The number of aliphatic imine (C=N–C) groups is 2. The average Bonchev–Trinajstić information content (AvgIpc) is 2.92. The van der Waals surface area contributed by atoms with Crippen molar-refractivity contribution < 1.29 is 0 Å². The molecule has 1 saturated carbocycles. The molecule has 4 aromatic rings. The van der Waals surface area contributed by atoms with Gasteiger partial charge in [-0.25, -0.2) is 20.0 Å². The summed E-state index contributed by atoms with van der Waals surface area (Å²) in [6.45, 7) is 0. The van der Waals surface area contributed by atoms with E-state index in [1.54, 1.807) is 12.4 Å². The molecule has 34 heavy (non-hydrogen) atoms. The summed E-state index contributed by atoms with van der Waals surface area (Å²) >= 11 is 0. The van der Waals surface area contributed by atoms with Gasteiger partial charge in [0.15, 0.2) is 11.6 Å². The molecular formula is C28H26N6. The Kier molecular flexibility index (Phi) is 6.85. The van der Waals surface area contributed by atoms with E-state index in [0.29, 0.717) is 23.5 Å². The van der Waals surface area contributed by atoms with Crippen molar-refractivity contribution in [1.29, 1.82) is 0 Å². The van der Waals surface area contributed by atoms with E-state index in [1.807, 2.05) is 72.8 Å². The molecular weight excluding hydrogens is 420 g/mol. The second-order valence-electron chi connectivity index (χ2n) is 8.36. The number of rotatable bonds is 6. The van der Waals surface area contributed by atoms with Gasteiger partial charge in [0.2, 0.25) is 0 Å². The van der Waals surface area contributed by atoms with Crippen molar-refractivity contribution in [3.63, 3.8) is 0 Å². The first-order valence-electron chi connectivity index (χ1n) is 11.7. The van der Waals surface area contributed by atoms with Crippen molar-refractivity contribution in [2.45, 2.75) is 25.7 Å². The smallest absolute Gasteiger partial charge is 0.152 e. The predicted molar refractivity (Wildman–Crippen MR) is 137 cm³/mol. The molecule has 168 valence electrons. The van der Waals surface area contributed by atoms with E-state index in [4.69, 9.17) is 9.98 Å². The summed E-state index contributed by atoms with van der Waals surface area (Å²) in [5.74, 6) is 2.07. The third-order valence-corrected chi connectivity index (χ3v) is 5.99. The minimum atomic E-state index is 0.330. The molecule has 4 heterocycles. The highest BCUT2D eigenvalue weighted by Gasteiger charge is 2.22. The lowest BCUT2D eigenvalue weighted by Gasteiger charge is -2.25. The molecule has 0 saturated heterocycles. The van der Waals surface area contributed by atoms with Crippen LogP contribution in [0.5, 0.6) is 0 Å². The van der Waals surface area contributed by atoms with Crippen molar-refractivity contribution in [2.24, 2.45) is 21.8 Å². The Morgan fingerprint density at radius 1 is 0.559 bits per heavy atom. The van der Waals surface area contributed by atoms with Gasteiger partial charge in [0, 0.05) is 36.7 Å². The van der Waals surface area contributed by atoms with Gasteiger partial charge >= 0.3 is 0 Å². The minimum absolute atomic E-state index is 0.330. The lowest BCUT2D eigenvalue weighted by Crippen LogP contribution is -2.21. The largest absolute Gasteiger partial charge is 0.255 e. The third-order valence-electron chi connectivity index (χ3n) is 5.99. The summed E-state index contributed by atoms with van der Waals surface area (Å²) in [6, 6.07) is 23.4. The summed E-state index contributed by atoms with van der Waals surface area (Å²) in [5.41, 5.74) is 3.36. The maximum absolute atomic E-state index is 4.73. The standard InChI is InChI=1S/C28H26N6/c1-2-10-22(20-32-28-16-8-14-26(34-28)24-12-4-6-18-30-24)21(9-1)19-31-27-15-7-13-25(33-27)23-11-3-5-17-29-23/h3-8,11-22H,1-2,9-10H2/b31-19+,32-20+/t21-,22-/m1/s1. The normalized spacial score (nSPS) is 18.5. The van der Waals surface area contributed by atoms with E-state index < -0.39 is 0 Å². The van der Waals surface area contributed by atoms with Crippen LogP contribution in [-0.2, 0) is 0 Å². The fourth-order valence-electron chi connectivity index (χ4n) is 4.21. The van der Waals surface area contributed by atoms with Crippen LogP contribution in [0, 0.1) is 11.8 Å². The van der Waals surface area contributed by atoms with Crippen LogP contribution in [0.25, 0.3) is 22.8 Å². The topological polar surface area (TPSA) is 76.3 Å². The van der Waals surface area contributed by atoms with Crippen LogP contribution in [0.1, 0.15) is 25.7 Å². The first kappa shape index (κ1) is 21.8. The summed E-state index contributed by atoms with van der Waals surface area (Å²) in [7, 11) is 0. The monoisotopic (exact) mass is 446 g/mol. The predicted octanol–water partition coefficient (Wildman–Crippen LogP) is 6.51. The van der Waals surface area contributed by atoms with Crippen molar-refractivity contribution in [3.05, 3.63) is 85.2 Å². The summed E-state index contributed by atoms with van der Waals surface area (Å²) < 4.78 is 0. The van der Waals surface area contributed by atoms with E-state index in [0.717, 1.165) is 35.6 Å². The van der Waals surface area contributed by atoms with Gasteiger partial charge in [-0.05, 0) is 61.4 Å². The van der Waals surface area contributed by atoms with Crippen molar-refractivity contribution in [1.82, 2.24) is 19.9 Å². The molecule has 0 spiro atoms. The van der Waals surface area contributed by atoms with E-state index >= 15 is 0 Å². The zero-order valence-electron chi connectivity index (χ0n) is 18.9.